The van der Waals surface area contributed by atoms with E-state index in [-0.39, 0.29) is 6.42 Å². The normalized spacial score (nSPS) is 14.8. The van der Waals surface area contributed by atoms with Crippen molar-refractivity contribution in [1.29, 1.82) is 0 Å². The van der Waals surface area contributed by atoms with E-state index in [9.17, 15) is 34.2 Å². The molecule has 11 N–H and O–H groups in total. The van der Waals surface area contributed by atoms with Gasteiger partial charge in [0.1, 0.15) is 18.1 Å². The van der Waals surface area contributed by atoms with Crippen LogP contribution < -0.4 is 33.2 Å². The highest BCUT2D eigenvalue weighted by atomic mass is 16.4. The van der Waals surface area contributed by atoms with Gasteiger partial charge in [-0.05, 0) is 32.7 Å². The van der Waals surface area contributed by atoms with Gasteiger partial charge in [0.25, 0.3) is 0 Å². The molecular weight excluding hydrogens is 388 g/mol. The summed E-state index contributed by atoms with van der Waals surface area (Å²) in [7, 11) is 0. The number of carbonyl (C=O) groups excluding carboxylic acids is 4. The van der Waals surface area contributed by atoms with Crippen molar-refractivity contribution < 1.29 is 34.2 Å². The standard InChI is InChI=1S/C16H30N6O7/c1-8(23)13(15(27)21-9(16(28)29)4-2-3-5-17)22-14(26)10(6-11(19)24)20-12(25)7-18/h8-10,13,23H,2-7,17-18H2,1H3,(H2,19,24)(H,20,25)(H,21,27)(H,22,26)(H,28,29). The Morgan fingerprint density at radius 1 is 0.931 bits per heavy atom. The molecule has 4 atom stereocenters. The maximum atomic E-state index is 12.4. The van der Waals surface area contributed by atoms with Crippen LogP contribution in [-0.2, 0) is 24.0 Å². The summed E-state index contributed by atoms with van der Waals surface area (Å²) in [5, 5.41) is 25.7. The fourth-order valence-corrected chi connectivity index (χ4v) is 2.33. The molecule has 0 aliphatic heterocycles. The summed E-state index contributed by atoms with van der Waals surface area (Å²) in [6.45, 7) is 1.12. The van der Waals surface area contributed by atoms with E-state index in [0.717, 1.165) is 0 Å². The van der Waals surface area contributed by atoms with Crippen LogP contribution in [0.15, 0.2) is 0 Å². The summed E-state index contributed by atoms with van der Waals surface area (Å²) in [4.78, 5) is 58.7. The van der Waals surface area contributed by atoms with Gasteiger partial charge in [-0.15, -0.1) is 0 Å². The summed E-state index contributed by atoms with van der Waals surface area (Å²) in [5.41, 5.74) is 15.6. The number of carboxylic acid groups (broad SMARTS) is 1. The zero-order valence-electron chi connectivity index (χ0n) is 16.2. The second kappa shape index (κ2) is 13.4. The Balaban J connectivity index is 5.22. The van der Waals surface area contributed by atoms with Gasteiger partial charge in [0.05, 0.1) is 19.1 Å². The molecule has 0 aromatic rings. The highest BCUT2D eigenvalue weighted by Crippen LogP contribution is 2.04. The van der Waals surface area contributed by atoms with E-state index < -0.39 is 66.8 Å². The molecule has 0 radical (unpaired) electrons. The molecule has 0 heterocycles. The molecule has 0 aromatic heterocycles. The molecule has 13 nitrogen and oxygen atoms in total. The topological polar surface area (TPSA) is 240 Å². The molecule has 0 saturated heterocycles. The number of aliphatic hydroxyl groups excluding tert-OH is 1. The first-order valence-corrected chi connectivity index (χ1v) is 9.02. The number of nitrogens with one attached hydrogen (secondary N) is 3. The molecule has 4 unspecified atom stereocenters. The van der Waals surface area contributed by atoms with E-state index in [4.69, 9.17) is 17.2 Å². The van der Waals surface area contributed by atoms with Gasteiger partial charge in [0, 0.05) is 0 Å². The first kappa shape index (κ1) is 26.2. The summed E-state index contributed by atoms with van der Waals surface area (Å²) in [5.74, 6) is -4.84. The van der Waals surface area contributed by atoms with E-state index >= 15 is 0 Å². The van der Waals surface area contributed by atoms with Gasteiger partial charge in [-0.1, -0.05) is 0 Å². The van der Waals surface area contributed by atoms with Gasteiger partial charge < -0.3 is 43.4 Å². The van der Waals surface area contributed by atoms with Gasteiger partial charge in [0.15, 0.2) is 0 Å². The Bertz CT molecular complexity index is 598. The van der Waals surface area contributed by atoms with Crippen molar-refractivity contribution in [2.24, 2.45) is 17.2 Å². The smallest absolute Gasteiger partial charge is 0.326 e. The van der Waals surface area contributed by atoms with Crippen molar-refractivity contribution in [3.05, 3.63) is 0 Å². The van der Waals surface area contributed by atoms with Crippen LogP contribution in [-0.4, -0.2) is 77.1 Å². The van der Waals surface area contributed by atoms with E-state index in [1.54, 1.807) is 0 Å². The lowest BCUT2D eigenvalue weighted by Crippen LogP contribution is -2.59. The van der Waals surface area contributed by atoms with Crippen LogP contribution in [0.1, 0.15) is 32.6 Å². The lowest BCUT2D eigenvalue weighted by Gasteiger charge is -2.25. The first-order valence-electron chi connectivity index (χ1n) is 9.02. The van der Waals surface area contributed by atoms with Crippen LogP contribution in [0.5, 0.6) is 0 Å². The Hall–Kier alpha value is -2.77. The Labute approximate surface area is 167 Å². The number of carboxylic acids is 1. The van der Waals surface area contributed by atoms with Crippen molar-refractivity contribution in [2.75, 3.05) is 13.1 Å². The van der Waals surface area contributed by atoms with E-state index in [1.165, 1.54) is 6.92 Å². The molecule has 0 fully saturated rings. The van der Waals surface area contributed by atoms with E-state index in [0.29, 0.717) is 19.4 Å². The predicted octanol–water partition coefficient (Wildman–Crippen LogP) is -4.13. The van der Waals surface area contributed by atoms with Crippen LogP contribution in [0.25, 0.3) is 0 Å². The van der Waals surface area contributed by atoms with Crippen molar-refractivity contribution in [1.82, 2.24) is 16.0 Å². The van der Waals surface area contributed by atoms with Crippen molar-refractivity contribution in [3.63, 3.8) is 0 Å². The Kier molecular flexibility index (Phi) is 12.1. The lowest BCUT2D eigenvalue weighted by atomic mass is 10.1. The molecule has 166 valence electrons. The molecule has 0 bridgehead atoms. The number of primary amides is 1. The van der Waals surface area contributed by atoms with Gasteiger partial charge >= 0.3 is 5.97 Å². The molecule has 0 aromatic carbocycles. The Morgan fingerprint density at radius 2 is 1.55 bits per heavy atom. The number of hydrogen-bond acceptors (Lipinski definition) is 8. The number of aliphatic hydroxyl groups is 1. The first-order chi connectivity index (χ1) is 13.5. The zero-order valence-corrected chi connectivity index (χ0v) is 16.2. The van der Waals surface area contributed by atoms with Gasteiger partial charge in [-0.3, -0.25) is 19.2 Å². The highest BCUT2D eigenvalue weighted by molar-refractivity contribution is 5.95. The molecule has 0 aliphatic rings. The summed E-state index contributed by atoms with van der Waals surface area (Å²) in [6, 6.07) is -4.20. The minimum atomic E-state index is -1.54. The summed E-state index contributed by atoms with van der Waals surface area (Å²) < 4.78 is 0. The number of amides is 4. The predicted molar refractivity (Wildman–Crippen MR) is 101 cm³/mol. The molecule has 4 amide bonds. The van der Waals surface area contributed by atoms with Crippen LogP contribution in [0.4, 0.5) is 0 Å². The summed E-state index contributed by atoms with van der Waals surface area (Å²) in [6.07, 6.45) is -0.855. The van der Waals surface area contributed by atoms with Crippen LogP contribution in [0, 0.1) is 0 Å². The lowest BCUT2D eigenvalue weighted by molar-refractivity contribution is -0.143. The fourth-order valence-electron chi connectivity index (χ4n) is 2.33. The summed E-state index contributed by atoms with van der Waals surface area (Å²) >= 11 is 0. The molecule has 13 heteroatoms. The number of aliphatic carboxylic acids is 1. The van der Waals surface area contributed by atoms with Crippen molar-refractivity contribution in [3.8, 4) is 0 Å². The second-order valence-electron chi connectivity index (χ2n) is 6.41. The van der Waals surface area contributed by atoms with Gasteiger partial charge in [0.2, 0.25) is 23.6 Å². The maximum Gasteiger partial charge on any atom is 0.326 e. The van der Waals surface area contributed by atoms with Crippen molar-refractivity contribution in [2.45, 2.75) is 56.8 Å². The van der Waals surface area contributed by atoms with Crippen molar-refractivity contribution >= 4 is 29.6 Å². The van der Waals surface area contributed by atoms with Gasteiger partial charge in [-0.25, -0.2) is 4.79 Å². The van der Waals surface area contributed by atoms with Crippen LogP contribution in [0.2, 0.25) is 0 Å². The number of unbranched alkanes of at least 4 members (excludes halogenated alkanes) is 1. The molecule has 0 spiro atoms. The van der Waals surface area contributed by atoms with E-state index in [2.05, 4.69) is 16.0 Å². The molecule has 0 saturated carbocycles. The third-order valence-corrected chi connectivity index (χ3v) is 3.87. The molecule has 0 rings (SSSR count). The number of carbonyl (C=O) groups is 5. The van der Waals surface area contributed by atoms with E-state index in [1.807, 2.05) is 0 Å². The second-order valence-corrected chi connectivity index (χ2v) is 6.41. The van der Waals surface area contributed by atoms with Crippen LogP contribution >= 0.6 is 0 Å². The average molecular weight is 418 g/mol. The average Bonchev–Trinajstić information content (AvgIpc) is 2.63. The minimum Gasteiger partial charge on any atom is -0.480 e. The van der Waals surface area contributed by atoms with Gasteiger partial charge in [-0.2, -0.15) is 0 Å². The monoisotopic (exact) mass is 418 g/mol. The van der Waals surface area contributed by atoms with Crippen LogP contribution in [0.3, 0.4) is 0 Å². The zero-order chi connectivity index (χ0) is 22.6. The minimum absolute atomic E-state index is 0.107. The third-order valence-electron chi connectivity index (χ3n) is 3.87. The largest absolute Gasteiger partial charge is 0.480 e. The molecule has 0 aliphatic carbocycles. The fraction of sp³-hybridized carbons (Fsp3) is 0.688. The molecular formula is C16H30N6O7. The highest BCUT2D eigenvalue weighted by Gasteiger charge is 2.32. The number of nitrogens with two attached hydrogens (primary N) is 3. The Morgan fingerprint density at radius 3 is 2.00 bits per heavy atom. The number of hydrogen-bond donors (Lipinski definition) is 8. The SMILES string of the molecule is CC(O)C(NC(=O)C(CC(N)=O)NC(=O)CN)C(=O)NC(CCCCN)C(=O)O. The quantitative estimate of drug-likeness (QED) is 0.128. The number of rotatable bonds is 14. The third kappa shape index (κ3) is 10.4. The maximum absolute atomic E-state index is 12.4. The molecule has 29 heavy (non-hydrogen) atoms.